The van der Waals surface area contributed by atoms with Crippen LogP contribution in [0.2, 0.25) is 0 Å². The van der Waals surface area contributed by atoms with Crippen molar-refractivity contribution < 1.29 is 0 Å². The number of aromatic nitrogens is 3. The molecular formula is C12H22N4. The van der Waals surface area contributed by atoms with E-state index in [2.05, 4.69) is 33.9 Å². The molecule has 2 rings (SSSR count). The van der Waals surface area contributed by atoms with E-state index < -0.39 is 0 Å². The highest BCUT2D eigenvalue weighted by molar-refractivity contribution is 4.97. The third kappa shape index (κ3) is 2.12. The molecule has 1 aromatic heterocycles. The molecule has 16 heavy (non-hydrogen) atoms. The molecular weight excluding hydrogens is 200 g/mol. The molecule has 2 atom stereocenters. The Bertz CT molecular complexity index is 345. The molecule has 1 aromatic rings. The first-order valence-corrected chi connectivity index (χ1v) is 6.40. The molecule has 0 amide bonds. The third-order valence-electron chi connectivity index (χ3n) is 3.54. The normalized spacial score (nSPS) is 25.2. The minimum Gasteiger partial charge on any atom is -0.317 e. The van der Waals surface area contributed by atoms with Gasteiger partial charge in [-0.05, 0) is 26.3 Å². The number of hydrogen-bond acceptors (Lipinski definition) is 3. The molecule has 1 fully saturated rings. The molecule has 0 bridgehead atoms. The van der Waals surface area contributed by atoms with Crippen molar-refractivity contribution in [3.05, 3.63) is 11.6 Å². The summed E-state index contributed by atoms with van der Waals surface area (Å²) < 4.78 is 2.18. The highest BCUT2D eigenvalue weighted by Gasteiger charge is 2.27. The van der Waals surface area contributed by atoms with Crippen molar-refractivity contribution in [1.29, 1.82) is 0 Å². The Kier molecular flexibility index (Phi) is 3.59. The maximum absolute atomic E-state index is 4.63. The lowest BCUT2D eigenvalue weighted by Crippen LogP contribution is -2.22. The molecule has 1 saturated carbocycles. The molecule has 2 unspecified atom stereocenters. The summed E-state index contributed by atoms with van der Waals surface area (Å²) in [5, 5.41) is 7.99. The summed E-state index contributed by atoms with van der Waals surface area (Å²) in [4.78, 5) is 4.57. The Labute approximate surface area is 97.5 Å². The lowest BCUT2D eigenvalue weighted by molar-refractivity contribution is 0.433. The smallest absolute Gasteiger partial charge is 0.150 e. The van der Waals surface area contributed by atoms with E-state index in [1.165, 1.54) is 19.3 Å². The van der Waals surface area contributed by atoms with Crippen LogP contribution in [0, 0.1) is 0 Å². The Morgan fingerprint density at radius 2 is 2.12 bits per heavy atom. The van der Waals surface area contributed by atoms with Gasteiger partial charge >= 0.3 is 0 Å². The Morgan fingerprint density at radius 1 is 1.31 bits per heavy atom. The highest BCUT2D eigenvalue weighted by atomic mass is 15.4. The van der Waals surface area contributed by atoms with Crippen LogP contribution >= 0.6 is 0 Å². The second kappa shape index (κ2) is 4.95. The van der Waals surface area contributed by atoms with Gasteiger partial charge in [0.1, 0.15) is 5.82 Å². The Hall–Kier alpha value is -0.900. The zero-order chi connectivity index (χ0) is 11.5. The summed E-state index contributed by atoms with van der Waals surface area (Å²) in [6.07, 6.45) is 5.59. The van der Waals surface area contributed by atoms with Crippen molar-refractivity contribution in [2.75, 3.05) is 7.05 Å². The van der Waals surface area contributed by atoms with Crippen molar-refractivity contribution in [2.45, 2.75) is 58.0 Å². The molecule has 4 heteroatoms. The van der Waals surface area contributed by atoms with Crippen LogP contribution in [-0.4, -0.2) is 27.9 Å². The average Bonchev–Trinajstić information content (AvgIpc) is 2.94. The van der Waals surface area contributed by atoms with E-state index >= 15 is 0 Å². The monoisotopic (exact) mass is 222 g/mol. The van der Waals surface area contributed by atoms with Gasteiger partial charge in [-0.2, -0.15) is 5.10 Å². The molecule has 0 radical (unpaired) electrons. The van der Waals surface area contributed by atoms with E-state index in [1.807, 2.05) is 7.05 Å². The lowest BCUT2D eigenvalue weighted by atomic mass is 10.2. The predicted octanol–water partition coefficient (Wildman–Crippen LogP) is 1.72. The Morgan fingerprint density at radius 3 is 2.69 bits per heavy atom. The summed E-state index contributed by atoms with van der Waals surface area (Å²) >= 11 is 0. The summed E-state index contributed by atoms with van der Waals surface area (Å²) in [6, 6.07) is 1.21. The second-order valence-electron chi connectivity index (χ2n) is 4.55. The fourth-order valence-corrected chi connectivity index (χ4v) is 2.53. The van der Waals surface area contributed by atoms with Gasteiger partial charge in [0.2, 0.25) is 0 Å². The predicted molar refractivity (Wildman–Crippen MR) is 64.5 cm³/mol. The van der Waals surface area contributed by atoms with Crippen LogP contribution in [0.15, 0.2) is 0 Å². The van der Waals surface area contributed by atoms with Crippen LogP contribution in [0.1, 0.15) is 50.8 Å². The third-order valence-corrected chi connectivity index (χ3v) is 3.54. The molecule has 1 heterocycles. The van der Waals surface area contributed by atoms with Gasteiger partial charge in [0, 0.05) is 18.9 Å². The number of rotatable bonds is 4. The van der Waals surface area contributed by atoms with E-state index in [4.69, 9.17) is 0 Å². The van der Waals surface area contributed by atoms with Crippen molar-refractivity contribution in [3.8, 4) is 0 Å². The van der Waals surface area contributed by atoms with Crippen molar-refractivity contribution in [2.24, 2.45) is 0 Å². The van der Waals surface area contributed by atoms with Gasteiger partial charge in [0.15, 0.2) is 5.82 Å². The van der Waals surface area contributed by atoms with Gasteiger partial charge in [-0.25, -0.2) is 9.67 Å². The molecule has 1 N–H and O–H groups in total. The van der Waals surface area contributed by atoms with Crippen LogP contribution < -0.4 is 5.32 Å². The van der Waals surface area contributed by atoms with Crippen LogP contribution in [0.25, 0.3) is 0 Å². The van der Waals surface area contributed by atoms with Gasteiger partial charge in [-0.1, -0.05) is 13.8 Å². The zero-order valence-corrected chi connectivity index (χ0v) is 10.5. The molecule has 0 aliphatic heterocycles. The number of nitrogens with one attached hydrogen (secondary N) is 1. The van der Waals surface area contributed by atoms with E-state index in [9.17, 15) is 0 Å². The minimum absolute atomic E-state index is 0.556. The fraction of sp³-hybridized carbons (Fsp3) is 0.833. The molecule has 1 aliphatic carbocycles. The van der Waals surface area contributed by atoms with Gasteiger partial charge < -0.3 is 5.32 Å². The standard InChI is InChI=1S/C12H22N4/c1-4-11-14-12(5-2)16(15-11)10-7-6-9(8-10)13-3/h9-10,13H,4-8H2,1-3H3. The maximum Gasteiger partial charge on any atom is 0.150 e. The van der Waals surface area contributed by atoms with Crippen molar-refractivity contribution in [3.63, 3.8) is 0 Å². The number of aryl methyl sites for hydroxylation is 2. The van der Waals surface area contributed by atoms with E-state index in [-0.39, 0.29) is 0 Å². The Balaban J connectivity index is 2.16. The van der Waals surface area contributed by atoms with Gasteiger partial charge in [-0.15, -0.1) is 0 Å². The number of nitrogens with zero attached hydrogens (tertiary/aromatic N) is 3. The molecule has 0 spiro atoms. The van der Waals surface area contributed by atoms with Crippen LogP contribution in [0.3, 0.4) is 0 Å². The van der Waals surface area contributed by atoms with Crippen LogP contribution in [0.4, 0.5) is 0 Å². The van der Waals surface area contributed by atoms with Gasteiger partial charge in [0.25, 0.3) is 0 Å². The first kappa shape index (κ1) is 11.6. The quantitative estimate of drug-likeness (QED) is 0.843. The summed E-state index contributed by atoms with van der Waals surface area (Å²) in [6.45, 7) is 4.27. The van der Waals surface area contributed by atoms with Crippen LogP contribution in [-0.2, 0) is 12.8 Å². The molecule has 0 aromatic carbocycles. The van der Waals surface area contributed by atoms with Crippen molar-refractivity contribution >= 4 is 0 Å². The van der Waals surface area contributed by atoms with Gasteiger partial charge in [0.05, 0.1) is 6.04 Å². The molecule has 0 saturated heterocycles. The van der Waals surface area contributed by atoms with Crippen molar-refractivity contribution in [1.82, 2.24) is 20.1 Å². The van der Waals surface area contributed by atoms with Gasteiger partial charge in [-0.3, -0.25) is 0 Å². The molecule has 4 nitrogen and oxygen atoms in total. The van der Waals surface area contributed by atoms with E-state index in [0.29, 0.717) is 12.1 Å². The average molecular weight is 222 g/mol. The summed E-state index contributed by atoms with van der Waals surface area (Å²) in [5.41, 5.74) is 0. The van der Waals surface area contributed by atoms with Crippen LogP contribution in [0.5, 0.6) is 0 Å². The largest absolute Gasteiger partial charge is 0.317 e. The lowest BCUT2D eigenvalue weighted by Gasteiger charge is -2.13. The zero-order valence-electron chi connectivity index (χ0n) is 10.5. The highest BCUT2D eigenvalue weighted by Crippen LogP contribution is 2.30. The minimum atomic E-state index is 0.556. The first-order chi connectivity index (χ1) is 7.78. The van der Waals surface area contributed by atoms with E-state index in [1.54, 1.807) is 0 Å². The SMILES string of the molecule is CCc1nc(CC)n(C2CCC(NC)C2)n1. The number of hydrogen-bond donors (Lipinski definition) is 1. The summed E-state index contributed by atoms with van der Waals surface area (Å²) in [5.74, 6) is 2.14. The maximum atomic E-state index is 4.63. The molecule has 90 valence electrons. The second-order valence-corrected chi connectivity index (χ2v) is 4.55. The van der Waals surface area contributed by atoms with E-state index in [0.717, 1.165) is 24.5 Å². The topological polar surface area (TPSA) is 42.7 Å². The summed E-state index contributed by atoms with van der Waals surface area (Å²) in [7, 11) is 2.05. The fourth-order valence-electron chi connectivity index (χ4n) is 2.53. The molecule has 1 aliphatic rings. The first-order valence-electron chi connectivity index (χ1n) is 6.40.